The standard InChI is InChI=1S/C45H88NO7P/c1-6-8-10-12-14-16-18-20-22-23-24-25-26-28-30-32-34-36-38-45(47)53-44(43-52-54(48,49)51-41-39-46(3,4)5)42-50-40-37-35-33-31-29-27-21-19-17-15-13-11-9-7-2/h17,19,22-23,44H,6-16,18,20-21,24-43H2,1-5H3/b19-17-,23-22-. The molecule has 0 aliphatic heterocycles. The zero-order valence-corrected chi connectivity index (χ0v) is 37.1. The van der Waals surface area contributed by atoms with E-state index < -0.39 is 13.9 Å². The van der Waals surface area contributed by atoms with Crippen molar-refractivity contribution in [3.05, 3.63) is 24.3 Å². The third kappa shape index (κ3) is 42.1. The van der Waals surface area contributed by atoms with Crippen LogP contribution in [0, 0.1) is 0 Å². The first kappa shape index (κ1) is 53.0. The Balaban J connectivity index is 4.22. The van der Waals surface area contributed by atoms with Crippen molar-refractivity contribution in [1.82, 2.24) is 0 Å². The normalized spacial score (nSPS) is 14.0. The molecular weight excluding hydrogens is 697 g/mol. The molecule has 2 atom stereocenters. The van der Waals surface area contributed by atoms with Crippen molar-refractivity contribution in [2.24, 2.45) is 0 Å². The van der Waals surface area contributed by atoms with Crippen molar-refractivity contribution in [2.75, 3.05) is 54.1 Å². The van der Waals surface area contributed by atoms with Crippen molar-refractivity contribution in [1.29, 1.82) is 0 Å². The first-order chi connectivity index (χ1) is 26.1. The number of quaternary nitrogens is 1. The minimum absolute atomic E-state index is 0.0253. The van der Waals surface area contributed by atoms with Gasteiger partial charge in [0.2, 0.25) is 0 Å². The number of carbonyl (C=O) groups excluding carboxylic acids is 1. The van der Waals surface area contributed by atoms with Crippen molar-refractivity contribution in [2.45, 2.75) is 206 Å². The zero-order valence-electron chi connectivity index (χ0n) is 36.2. The van der Waals surface area contributed by atoms with Crippen LogP contribution in [0.5, 0.6) is 0 Å². The number of nitrogens with zero attached hydrogens (tertiary/aromatic N) is 1. The molecule has 0 rings (SSSR count). The predicted octanol–water partition coefficient (Wildman–Crippen LogP) is 12.6. The summed E-state index contributed by atoms with van der Waals surface area (Å²) in [6.45, 7) is 5.40. The molecular formula is C45H88NO7P. The Hall–Kier alpha value is -1.02. The molecule has 8 nitrogen and oxygen atoms in total. The molecule has 0 amide bonds. The molecule has 0 fully saturated rings. The first-order valence-electron chi connectivity index (χ1n) is 22.6. The highest BCUT2D eigenvalue weighted by Gasteiger charge is 2.20. The molecule has 0 aromatic heterocycles. The van der Waals surface area contributed by atoms with Gasteiger partial charge in [-0.1, -0.05) is 154 Å². The van der Waals surface area contributed by atoms with Crippen molar-refractivity contribution in [3.8, 4) is 0 Å². The van der Waals surface area contributed by atoms with Gasteiger partial charge in [-0.3, -0.25) is 9.36 Å². The van der Waals surface area contributed by atoms with Crippen molar-refractivity contribution in [3.63, 3.8) is 0 Å². The molecule has 0 saturated carbocycles. The number of allylic oxidation sites excluding steroid dienone is 4. The van der Waals surface area contributed by atoms with Crippen LogP contribution in [-0.2, 0) is 27.9 Å². The summed E-state index contributed by atoms with van der Waals surface area (Å²) >= 11 is 0. The highest BCUT2D eigenvalue weighted by molar-refractivity contribution is 7.45. The van der Waals surface area contributed by atoms with Gasteiger partial charge in [-0.15, -0.1) is 0 Å². The van der Waals surface area contributed by atoms with E-state index in [9.17, 15) is 14.3 Å². The van der Waals surface area contributed by atoms with Gasteiger partial charge in [-0.05, 0) is 64.2 Å². The van der Waals surface area contributed by atoms with Gasteiger partial charge in [0.25, 0.3) is 7.82 Å². The molecule has 0 bridgehead atoms. The molecule has 0 heterocycles. The Labute approximate surface area is 334 Å². The van der Waals surface area contributed by atoms with Crippen LogP contribution in [0.4, 0.5) is 0 Å². The topological polar surface area (TPSA) is 94.1 Å². The van der Waals surface area contributed by atoms with Crippen LogP contribution in [0.25, 0.3) is 0 Å². The smallest absolute Gasteiger partial charge is 0.306 e. The number of phosphoric acid groups is 1. The highest BCUT2D eigenvalue weighted by atomic mass is 31.2. The fraction of sp³-hybridized carbons (Fsp3) is 0.889. The third-order valence-corrected chi connectivity index (χ3v) is 10.7. The first-order valence-corrected chi connectivity index (χ1v) is 24.0. The van der Waals surface area contributed by atoms with Crippen LogP contribution >= 0.6 is 7.82 Å². The molecule has 0 aromatic carbocycles. The van der Waals surface area contributed by atoms with E-state index in [0.717, 1.165) is 32.1 Å². The average molecular weight is 786 g/mol. The third-order valence-electron chi connectivity index (χ3n) is 9.73. The summed E-state index contributed by atoms with van der Waals surface area (Å²) in [6.07, 6.45) is 43.3. The Morgan fingerprint density at radius 2 is 0.963 bits per heavy atom. The van der Waals surface area contributed by atoms with E-state index in [-0.39, 0.29) is 25.8 Å². The average Bonchev–Trinajstić information content (AvgIpc) is 3.12. The molecule has 0 N–H and O–H groups in total. The summed E-state index contributed by atoms with van der Waals surface area (Å²) in [5.41, 5.74) is 0. The van der Waals surface area contributed by atoms with Gasteiger partial charge in [-0.25, -0.2) is 0 Å². The lowest BCUT2D eigenvalue weighted by Crippen LogP contribution is -2.37. The second-order valence-corrected chi connectivity index (χ2v) is 17.8. The van der Waals surface area contributed by atoms with E-state index >= 15 is 0 Å². The van der Waals surface area contributed by atoms with Crippen LogP contribution in [0.15, 0.2) is 24.3 Å². The molecule has 2 unspecified atom stereocenters. The molecule has 0 aliphatic carbocycles. The maximum atomic E-state index is 12.7. The van der Waals surface area contributed by atoms with Crippen LogP contribution < -0.4 is 4.89 Å². The number of ether oxygens (including phenoxy) is 2. The Kier molecular flexibility index (Phi) is 38.1. The number of phosphoric ester groups is 1. The maximum absolute atomic E-state index is 12.7. The molecule has 0 saturated heterocycles. The number of likely N-dealkylation sites (N-methyl/N-ethyl adjacent to an activating group) is 1. The second kappa shape index (κ2) is 38.8. The zero-order chi connectivity index (χ0) is 39.9. The highest BCUT2D eigenvalue weighted by Crippen LogP contribution is 2.38. The minimum Gasteiger partial charge on any atom is -0.756 e. The molecule has 0 aromatic rings. The van der Waals surface area contributed by atoms with Crippen LogP contribution in [-0.4, -0.2) is 70.7 Å². The van der Waals surface area contributed by atoms with Crippen LogP contribution in [0.2, 0.25) is 0 Å². The Morgan fingerprint density at radius 1 is 0.556 bits per heavy atom. The van der Waals surface area contributed by atoms with E-state index in [1.165, 1.54) is 148 Å². The molecule has 320 valence electrons. The summed E-state index contributed by atoms with van der Waals surface area (Å²) in [7, 11) is 1.35. The van der Waals surface area contributed by atoms with E-state index in [1.807, 2.05) is 21.1 Å². The molecule has 54 heavy (non-hydrogen) atoms. The van der Waals surface area contributed by atoms with Gasteiger partial charge in [0.1, 0.15) is 19.3 Å². The van der Waals surface area contributed by atoms with Crippen molar-refractivity contribution < 1.29 is 37.3 Å². The summed E-state index contributed by atoms with van der Waals surface area (Å²) in [5, 5.41) is 0. The molecule has 0 radical (unpaired) electrons. The molecule has 0 spiro atoms. The summed E-state index contributed by atoms with van der Waals surface area (Å²) in [5.74, 6) is -0.339. The maximum Gasteiger partial charge on any atom is 0.306 e. The second-order valence-electron chi connectivity index (χ2n) is 16.4. The van der Waals surface area contributed by atoms with E-state index in [0.29, 0.717) is 24.1 Å². The SMILES string of the molecule is CCCCCC/C=C\CCCCCCCCOCC(COP(=O)([O-])OCC[N+](C)(C)C)OC(=O)CCCCCCCCC/C=C\CCCCCCCCC. The van der Waals surface area contributed by atoms with E-state index in [2.05, 4.69) is 38.2 Å². The fourth-order valence-corrected chi connectivity index (χ4v) is 6.91. The van der Waals surface area contributed by atoms with Gasteiger partial charge < -0.3 is 27.9 Å². The number of carbonyl (C=O) groups is 1. The lowest BCUT2D eigenvalue weighted by molar-refractivity contribution is -0.870. The summed E-state index contributed by atoms with van der Waals surface area (Å²) < 4.78 is 34.6. The van der Waals surface area contributed by atoms with E-state index in [1.54, 1.807) is 0 Å². The van der Waals surface area contributed by atoms with E-state index in [4.69, 9.17) is 18.5 Å². The number of esters is 1. The number of rotatable bonds is 42. The Morgan fingerprint density at radius 3 is 1.43 bits per heavy atom. The lowest BCUT2D eigenvalue weighted by Gasteiger charge is -2.28. The number of hydrogen-bond donors (Lipinski definition) is 0. The van der Waals surface area contributed by atoms with Crippen molar-refractivity contribution >= 4 is 13.8 Å². The number of unbranched alkanes of at least 4 members (excludes halogenated alkanes) is 24. The van der Waals surface area contributed by atoms with Gasteiger partial charge >= 0.3 is 5.97 Å². The molecule has 9 heteroatoms. The molecule has 0 aliphatic rings. The monoisotopic (exact) mass is 786 g/mol. The predicted molar refractivity (Wildman–Crippen MR) is 227 cm³/mol. The minimum atomic E-state index is -4.52. The quantitative estimate of drug-likeness (QED) is 0.0200. The lowest BCUT2D eigenvalue weighted by atomic mass is 10.1. The summed E-state index contributed by atoms with van der Waals surface area (Å²) in [6, 6.07) is 0. The summed E-state index contributed by atoms with van der Waals surface area (Å²) in [4.78, 5) is 25.1. The van der Waals surface area contributed by atoms with Gasteiger partial charge in [0.15, 0.2) is 0 Å². The van der Waals surface area contributed by atoms with Crippen LogP contribution in [0.1, 0.15) is 200 Å². The number of hydrogen-bond acceptors (Lipinski definition) is 7. The van der Waals surface area contributed by atoms with Gasteiger partial charge in [0.05, 0.1) is 34.4 Å². The van der Waals surface area contributed by atoms with Crippen LogP contribution in [0.3, 0.4) is 0 Å². The largest absolute Gasteiger partial charge is 0.756 e. The Bertz CT molecular complexity index is 920. The van der Waals surface area contributed by atoms with Gasteiger partial charge in [0, 0.05) is 13.0 Å². The van der Waals surface area contributed by atoms with Gasteiger partial charge in [-0.2, -0.15) is 0 Å². The fourth-order valence-electron chi connectivity index (χ4n) is 6.18.